The molecule has 0 bridgehead atoms. The molecule has 2 heterocycles. The Morgan fingerprint density at radius 3 is 2.87 bits per heavy atom. The van der Waals surface area contributed by atoms with Crippen LogP contribution in [0.3, 0.4) is 0 Å². The molecule has 8 nitrogen and oxygen atoms in total. The Morgan fingerprint density at radius 1 is 1.23 bits per heavy atom. The van der Waals surface area contributed by atoms with Crippen molar-refractivity contribution in [3.05, 3.63) is 69.5 Å². The quantitative estimate of drug-likeness (QED) is 0.362. The Bertz CT molecular complexity index is 1150. The summed E-state index contributed by atoms with van der Waals surface area (Å²) in [5.41, 5.74) is 3.84. The Hall–Kier alpha value is -3.68. The second-order valence-electron chi connectivity index (χ2n) is 7.32. The summed E-state index contributed by atoms with van der Waals surface area (Å²) in [6.45, 7) is 2.05. The smallest absolute Gasteiger partial charge is 0.310 e. The number of ether oxygens (including phenoxy) is 1. The molecule has 1 aromatic heterocycles. The van der Waals surface area contributed by atoms with Gasteiger partial charge in [-0.05, 0) is 43.0 Å². The van der Waals surface area contributed by atoms with Gasteiger partial charge < -0.3 is 14.1 Å². The molecular formula is C22H20N2O6. The molecule has 0 radical (unpaired) electrons. The minimum Gasteiger partial charge on any atom is -0.464 e. The minimum atomic E-state index is -0.521. The van der Waals surface area contributed by atoms with Gasteiger partial charge in [-0.3, -0.25) is 19.7 Å². The summed E-state index contributed by atoms with van der Waals surface area (Å²) in [5.74, 6) is -0.876. The van der Waals surface area contributed by atoms with Crippen LogP contribution in [-0.4, -0.2) is 30.0 Å². The highest BCUT2D eigenvalue weighted by molar-refractivity contribution is 5.96. The number of rotatable bonds is 5. The molecule has 0 fully saturated rings. The van der Waals surface area contributed by atoms with Gasteiger partial charge in [-0.15, -0.1) is 0 Å². The number of esters is 1. The maximum absolute atomic E-state index is 12.6. The van der Waals surface area contributed by atoms with E-state index in [1.54, 1.807) is 6.07 Å². The Kier molecular flexibility index (Phi) is 5.22. The molecule has 154 valence electrons. The topological polar surface area (TPSA) is 103 Å². The number of anilines is 1. The van der Waals surface area contributed by atoms with E-state index >= 15 is 0 Å². The molecule has 1 aliphatic heterocycles. The van der Waals surface area contributed by atoms with Crippen LogP contribution in [0.25, 0.3) is 11.0 Å². The van der Waals surface area contributed by atoms with E-state index in [0.29, 0.717) is 36.2 Å². The van der Waals surface area contributed by atoms with E-state index in [0.717, 1.165) is 16.5 Å². The Morgan fingerprint density at radius 2 is 2.07 bits per heavy atom. The SMILES string of the molecule is Cc1ccc2c(CC(=O)OCC(=O)N3CCCc4cc([N+](=O)[O-])ccc43)coc2c1. The molecule has 30 heavy (non-hydrogen) atoms. The molecule has 0 aliphatic carbocycles. The number of non-ortho nitro benzene ring substituents is 1. The van der Waals surface area contributed by atoms with Crippen LogP contribution in [0.15, 0.2) is 47.1 Å². The lowest BCUT2D eigenvalue weighted by molar-refractivity contribution is -0.384. The summed E-state index contributed by atoms with van der Waals surface area (Å²) in [7, 11) is 0. The molecule has 0 saturated heterocycles. The summed E-state index contributed by atoms with van der Waals surface area (Å²) in [6.07, 6.45) is 2.88. The lowest BCUT2D eigenvalue weighted by Crippen LogP contribution is -2.38. The predicted octanol–water partition coefficient (Wildman–Crippen LogP) is 3.71. The van der Waals surface area contributed by atoms with Crippen LogP contribution in [0.5, 0.6) is 0 Å². The number of carbonyl (C=O) groups is 2. The number of furan rings is 1. The number of hydrogen-bond acceptors (Lipinski definition) is 6. The van der Waals surface area contributed by atoms with Gasteiger partial charge in [-0.25, -0.2) is 0 Å². The maximum atomic E-state index is 12.6. The van der Waals surface area contributed by atoms with Crippen molar-refractivity contribution in [2.24, 2.45) is 0 Å². The summed E-state index contributed by atoms with van der Waals surface area (Å²) in [4.78, 5) is 36.9. The van der Waals surface area contributed by atoms with Crippen LogP contribution in [0.1, 0.15) is 23.1 Å². The molecule has 0 N–H and O–H groups in total. The van der Waals surface area contributed by atoms with E-state index < -0.39 is 10.9 Å². The van der Waals surface area contributed by atoms with Crippen molar-refractivity contribution >= 4 is 34.2 Å². The van der Waals surface area contributed by atoms with E-state index in [2.05, 4.69) is 0 Å². The van der Waals surface area contributed by atoms with Crippen molar-refractivity contribution in [2.45, 2.75) is 26.2 Å². The van der Waals surface area contributed by atoms with Crippen LogP contribution < -0.4 is 4.90 Å². The number of aryl methyl sites for hydroxylation is 2. The van der Waals surface area contributed by atoms with Gasteiger partial charge in [-0.2, -0.15) is 0 Å². The van der Waals surface area contributed by atoms with E-state index in [1.165, 1.54) is 23.3 Å². The first-order chi connectivity index (χ1) is 14.4. The van der Waals surface area contributed by atoms with Crippen molar-refractivity contribution in [1.82, 2.24) is 0 Å². The molecule has 1 amide bonds. The zero-order chi connectivity index (χ0) is 21.3. The molecule has 0 saturated carbocycles. The highest BCUT2D eigenvalue weighted by Gasteiger charge is 2.25. The van der Waals surface area contributed by atoms with Crippen molar-refractivity contribution in [3.63, 3.8) is 0 Å². The number of carbonyl (C=O) groups excluding carboxylic acids is 2. The first kappa shape index (κ1) is 19.6. The van der Waals surface area contributed by atoms with E-state index in [4.69, 9.17) is 9.15 Å². The summed E-state index contributed by atoms with van der Waals surface area (Å²) in [6, 6.07) is 10.2. The number of benzene rings is 2. The molecule has 0 atom stereocenters. The van der Waals surface area contributed by atoms with Gasteiger partial charge in [0.15, 0.2) is 6.61 Å². The highest BCUT2D eigenvalue weighted by atomic mass is 16.6. The fourth-order valence-electron chi connectivity index (χ4n) is 3.71. The largest absolute Gasteiger partial charge is 0.464 e. The second kappa shape index (κ2) is 7.98. The molecule has 2 aromatic carbocycles. The molecule has 3 aromatic rings. The third kappa shape index (κ3) is 3.89. The summed E-state index contributed by atoms with van der Waals surface area (Å²) >= 11 is 0. The van der Waals surface area contributed by atoms with Crippen LogP contribution >= 0.6 is 0 Å². The lowest BCUT2D eigenvalue weighted by Gasteiger charge is -2.29. The van der Waals surface area contributed by atoms with Gasteiger partial charge in [0.25, 0.3) is 11.6 Å². The molecule has 0 spiro atoms. The first-order valence-electron chi connectivity index (χ1n) is 9.62. The van der Waals surface area contributed by atoms with Gasteiger partial charge in [0.1, 0.15) is 5.58 Å². The van der Waals surface area contributed by atoms with Gasteiger partial charge in [0.05, 0.1) is 17.6 Å². The Balaban J connectivity index is 1.40. The maximum Gasteiger partial charge on any atom is 0.310 e. The average Bonchev–Trinajstić information content (AvgIpc) is 3.12. The Labute approximate surface area is 172 Å². The number of amides is 1. The summed E-state index contributed by atoms with van der Waals surface area (Å²) < 4.78 is 10.7. The fourth-order valence-corrected chi connectivity index (χ4v) is 3.71. The number of hydrogen-bond donors (Lipinski definition) is 0. The second-order valence-corrected chi connectivity index (χ2v) is 7.32. The van der Waals surface area contributed by atoms with E-state index in [1.807, 2.05) is 25.1 Å². The van der Waals surface area contributed by atoms with Gasteiger partial charge in [0, 0.05) is 35.3 Å². The third-order valence-electron chi connectivity index (χ3n) is 5.20. The normalized spacial score (nSPS) is 13.2. The number of nitrogens with zero attached hydrogens (tertiary/aromatic N) is 2. The van der Waals surface area contributed by atoms with Crippen LogP contribution in [0.4, 0.5) is 11.4 Å². The number of nitro groups is 1. The monoisotopic (exact) mass is 408 g/mol. The minimum absolute atomic E-state index is 0.00277. The van der Waals surface area contributed by atoms with Crippen LogP contribution in [0.2, 0.25) is 0 Å². The van der Waals surface area contributed by atoms with Crippen molar-refractivity contribution < 1.29 is 23.7 Å². The number of nitro benzene ring substituents is 1. The van der Waals surface area contributed by atoms with Crippen LogP contribution in [0, 0.1) is 17.0 Å². The predicted molar refractivity (Wildman–Crippen MR) is 109 cm³/mol. The van der Waals surface area contributed by atoms with Crippen molar-refractivity contribution in [2.75, 3.05) is 18.1 Å². The molecular weight excluding hydrogens is 388 g/mol. The standard InChI is InChI=1S/C22H20N2O6/c1-14-4-6-18-16(12-29-20(18)9-14)11-22(26)30-13-21(25)23-8-2-3-15-10-17(24(27)28)5-7-19(15)23/h4-7,9-10,12H,2-3,8,11,13H2,1H3. The van der Waals surface area contributed by atoms with Crippen molar-refractivity contribution in [3.8, 4) is 0 Å². The van der Waals surface area contributed by atoms with E-state index in [9.17, 15) is 19.7 Å². The molecule has 4 rings (SSSR count). The number of fused-ring (bicyclic) bond motifs is 2. The van der Waals surface area contributed by atoms with Crippen molar-refractivity contribution in [1.29, 1.82) is 0 Å². The van der Waals surface area contributed by atoms with Gasteiger partial charge in [-0.1, -0.05) is 12.1 Å². The first-order valence-corrected chi connectivity index (χ1v) is 9.62. The zero-order valence-electron chi connectivity index (χ0n) is 16.4. The van der Waals surface area contributed by atoms with Crippen LogP contribution in [-0.2, 0) is 27.2 Å². The third-order valence-corrected chi connectivity index (χ3v) is 5.20. The van der Waals surface area contributed by atoms with E-state index in [-0.39, 0.29) is 24.6 Å². The van der Waals surface area contributed by atoms with Gasteiger partial charge >= 0.3 is 5.97 Å². The molecule has 1 aliphatic rings. The summed E-state index contributed by atoms with van der Waals surface area (Å²) in [5, 5.41) is 11.8. The zero-order valence-corrected chi connectivity index (χ0v) is 16.4. The lowest BCUT2D eigenvalue weighted by atomic mass is 10.0. The average molecular weight is 408 g/mol. The molecule has 0 unspecified atom stereocenters. The fraction of sp³-hybridized carbons (Fsp3) is 0.273. The highest BCUT2D eigenvalue weighted by Crippen LogP contribution is 2.30. The molecule has 8 heteroatoms. The van der Waals surface area contributed by atoms with Gasteiger partial charge in [0.2, 0.25) is 0 Å².